The molecule has 4 aliphatic rings. The maximum absolute atomic E-state index is 12.3. The molecule has 22 heavy (non-hydrogen) atoms. The molecule has 0 aromatic carbocycles. The fourth-order valence-electron chi connectivity index (χ4n) is 6.25. The van der Waals surface area contributed by atoms with Crippen LogP contribution >= 0.6 is 0 Å². The average molecular weight is 300 g/mol. The number of hydrogen-bond acceptors (Lipinski definition) is 3. The Bertz CT molecular complexity index is 589. The van der Waals surface area contributed by atoms with E-state index in [0.717, 1.165) is 50.4 Å². The number of ketones is 2. The zero-order valence-electron chi connectivity index (χ0n) is 13.3. The Hall–Kier alpha value is -1.25. The largest absolute Gasteiger partial charge is 0.302 e. The van der Waals surface area contributed by atoms with Gasteiger partial charge in [-0.25, -0.2) is 0 Å². The monoisotopic (exact) mass is 300 g/mol. The lowest BCUT2D eigenvalue weighted by Gasteiger charge is -2.54. The summed E-state index contributed by atoms with van der Waals surface area (Å²) in [5.74, 6) is 1.70. The third kappa shape index (κ3) is 1.60. The molecule has 3 nitrogen and oxygen atoms in total. The van der Waals surface area contributed by atoms with Gasteiger partial charge in [0, 0.05) is 23.8 Å². The third-order valence-electron chi connectivity index (χ3n) is 7.41. The normalized spacial score (nSPS) is 47.3. The van der Waals surface area contributed by atoms with Crippen molar-refractivity contribution in [3.63, 3.8) is 0 Å². The molecule has 4 rings (SSSR count). The lowest BCUT2D eigenvalue weighted by atomic mass is 9.48. The maximum Gasteiger partial charge on any atom is 0.159 e. The van der Waals surface area contributed by atoms with Crippen molar-refractivity contribution in [1.29, 1.82) is 0 Å². The number of carbonyl (C=O) groups is 3. The Morgan fingerprint density at radius 3 is 2.73 bits per heavy atom. The summed E-state index contributed by atoms with van der Waals surface area (Å²) in [7, 11) is 0. The van der Waals surface area contributed by atoms with E-state index in [4.69, 9.17) is 0 Å². The van der Waals surface area contributed by atoms with E-state index in [1.807, 2.05) is 0 Å². The molecule has 3 heteroatoms. The Labute approximate surface area is 131 Å². The van der Waals surface area contributed by atoms with Crippen molar-refractivity contribution in [1.82, 2.24) is 0 Å². The van der Waals surface area contributed by atoms with Crippen molar-refractivity contribution in [2.24, 2.45) is 28.6 Å². The van der Waals surface area contributed by atoms with Crippen LogP contribution in [0.5, 0.6) is 0 Å². The highest BCUT2D eigenvalue weighted by atomic mass is 16.1. The Kier molecular flexibility index (Phi) is 3.02. The summed E-state index contributed by atoms with van der Waals surface area (Å²) in [4.78, 5) is 36.8. The molecule has 0 radical (unpaired) electrons. The van der Waals surface area contributed by atoms with Crippen LogP contribution in [0.15, 0.2) is 11.6 Å². The standard InChI is InChI=1S/C19H24O3/c1-18-10-8-14-12(13(18)6-7-17(18)22)4-5-15-16(21)3-2-9-19(14,15)11-20/h5,11-14H,2-4,6-10H2,1H3/t12-,13-,14-,18-,19-/m0/s1. The van der Waals surface area contributed by atoms with E-state index in [1.165, 1.54) is 0 Å². The van der Waals surface area contributed by atoms with E-state index in [1.54, 1.807) is 0 Å². The average Bonchev–Trinajstić information content (AvgIpc) is 2.83. The van der Waals surface area contributed by atoms with Crippen molar-refractivity contribution in [2.75, 3.05) is 0 Å². The number of allylic oxidation sites excluding steroid dienone is 2. The SMILES string of the molecule is C[C@]12CC[C@H]3[C@@H](CC=C4C(=O)CCC[C@@]43C=O)[C@@H]1CCC2=O. The highest BCUT2D eigenvalue weighted by Crippen LogP contribution is 2.63. The molecule has 0 bridgehead atoms. The summed E-state index contributed by atoms with van der Waals surface area (Å²) in [5, 5.41) is 0. The highest BCUT2D eigenvalue weighted by Gasteiger charge is 2.60. The summed E-state index contributed by atoms with van der Waals surface area (Å²) < 4.78 is 0. The van der Waals surface area contributed by atoms with E-state index in [0.29, 0.717) is 30.5 Å². The van der Waals surface area contributed by atoms with Crippen LogP contribution in [0.2, 0.25) is 0 Å². The third-order valence-corrected chi connectivity index (χ3v) is 7.41. The minimum Gasteiger partial charge on any atom is -0.302 e. The zero-order valence-corrected chi connectivity index (χ0v) is 13.3. The molecular weight excluding hydrogens is 276 g/mol. The van der Waals surface area contributed by atoms with Gasteiger partial charge in [0.1, 0.15) is 12.1 Å². The van der Waals surface area contributed by atoms with Crippen LogP contribution in [0.1, 0.15) is 58.3 Å². The van der Waals surface area contributed by atoms with Crippen LogP contribution in [0.4, 0.5) is 0 Å². The molecule has 0 heterocycles. The molecule has 0 aromatic rings. The smallest absolute Gasteiger partial charge is 0.159 e. The van der Waals surface area contributed by atoms with Gasteiger partial charge in [0.15, 0.2) is 5.78 Å². The second-order valence-corrected chi connectivity index (χ2v) is 8.08. The molecule has 5 atom stereocenters. The molecular formula is C19H24O3. The van der Waals surface area contributed by atoms with Gasteiger partial charge in [-0.2, -0.15) is 0 Å². The van der Waals surface area contributed by atoms with E-state index >= 15 is 0 Å². The van der Waals surface area contributed by atoms with E-state index in [-0.39, 0.29) is 17.1 Å². The minimum absolute atomic E-state index is 0.171. The Balaban J connectivity index is 1.78. The second-order valence-electron chi connectivity index (χ2n) is 8.08. The number of carbonyl (C=O) groups excluding carboxylic acids is 3. The predicted octanol–water partition coefficient (Wildman–Crippen LogP) is 3.27. The van der Waals surface area contributed by atoms with Crippen molar-refractivity contribution in [3.05, 3.63) is 11.6 Å². The number of rotatable bonds is 1. The minimum atomic E-state index is -0.536. The maximum atomic E-state index is 12.3. The van der Waals surface area contributed by atoms with Gasteiger partial charge >= 0.3 is 0 Å². The van der Waals surface area contributed by atoms with E-state index in [9.17, 15) is 14.4 Å². The van der Waals surface area contributed by atoms with Crippen LogP contribution in [-0.2, 0) is 14.4 Å². The fraction of sp³-hybridized carbons (Fsp3) is 0.737. The molecule has 0 aromatic heterocycles. The highest BCUT2D eigenvalue weighted by molar-refractivity contribution is 6.01. The van der Waals surface area contributed by atoms with Gasteiger partial charge in [-0.3, -0.25) is 9.59 Å². The van der Waals surface area contributed by atoms with Crippen LogP contribution in [0, 0.1) is 28.6 Å². The number of Topliss-reactive ketones (excluding diaryl/α,β-unsaturated/α-hetero) is 2. The first-order chi connectivity index (χ1) is 10.5. The van der Waals surface area contributed by atoms with E-state index in [2.05, 4.69) is 13.0 Å². The second kappa shape index (κ2) is 4.62. The molecule has 118 valence electrons. The first-order valence-corrected chi connectivity index (χ1v) is 8.76. The van der Waals surface area contributed by atoms with Gasteiger partial charge in [-0.05, 0) is 56.3 Å². The van der Waals surface area contributed by atoms with Gasteiger partial charge in [-0.1, -0.05) is 13.0 Å². The van der Waals surface area contributed by atoms with Crippen molar-refractivity contribution in [3.8, 4) is 0 Å². The van der Waals surface area contributed by atoms with Gasteiger partial charge in [0.25, 0.3) is 0 Å². The first-order valence-electron chi connectivity index (χ1n) is 8.76. The first kappa shape index (κ1) is 14.3. The molecule has 3 saturated carbocycles. The molecule has 0 N–H and O–H groups in total. The van der Waals surface area contributed by atoms with Crippen LogP contribution in [-0.4, -0.2) is 17.9 Å². The number of hydrogen-bond donors (Lipinski definition) is 0. The summed E-state index contributed by atoms with van der Waals surface area (Å²) in [6.07, 6.45) is 9.79. The summed E-state index contributed by atoms with van der Waals surface area (Å²) in [5.41, 5.74) is 0.100. The van der Waals surface area contributed by atoms with Crippen LogP contribution in [0.25, 0.3) is 0 Å². The molecule has 0 saturated heterocycles. The molecule has 0 aliphatic heterocycles. The van der Waals surface area contributed by atoms with Gasteiger partial charge < -0.3 is 4.79 Å². The zero-order chi connectivity index (χ0) is 15.5. The Morgan fingerprint density at radius 2 is 1.95 bits per heavy atom. The van der Waals surface area contributed by atoms with Crippen molar-refractivity contribution < 1.29 is 14.4 Å². The lowest BCUT2D eigenvalue weighted by molar-refractivity contribution is -0.137. The quantitative estimate of drug-likeness (QED) is 0.698. The van der Waals surface area contributed by atoms with Crippen LogP contribution in [0.3, 0.4) is 0 Å². The van der Waals surface area contributed by atoms with E-state index < -0.39 is 5.41 Å². The summed E-state index contributed by atoms with van der Waals surface area (Å²) >= 11 is 0. The van der Waals surface area contributed by atoms with Crippen LogP contribution < -0.4 is 0 Å². The number of fused-ring (bicyclic) bond motifs is 5. The molecule has 0 spiro atoms. The summed E-state index contributed by atoms with van der Waals surface area (Å²) in [6.45, 7) is 2.14. The van der Waals surface area contributed by atoms with Crippen molar-refractivity contribution in [2.45, 2.75) is 58.3 Å². The summed E-state index contributed by atoms with van der Waals surface area (Å²) in [6, 6.07) is 0. The van der Waals surface area contributed by atoms with Gasteiger partial charge in [0.2, 0.25) is 0 Å². The van der Waals surface area contributed by atoms with Gasteiger partial charge in [-0.15, -0.1) is 0 Å². The lowest BCUT2D eigenvalue weighted by Crippen LogP contribution is -2.52. The predicted molar refractivity (Wildman–Crippen MR) is 82.1 cm³/mol. The van der Waals surface area contributed by atoms with Gasteiger partial charge in [0.05, 0.1) is 5.41 Å². The van der Waals surface area contributed by atoms with Crippen molar-refractivity contribution >= 4 is 17.9 Å². The number of aldehydes is 1. The fourth-order valence-corrected chi connectivity index (χ4v) is 6.25. The molecule has 4 aliphatic carbocycles. The Morgan fingerprint density at radius 1 is 1.14 bits per heavy atom. The molecule has 0 unspecified atom stereocenters. The molecule has 3 fully saturated rings. The topological polar surface area (TPSA) is 51.2 Å². The molecule has 0 amide bonds.